The Labute approximate surface area is 128 Å². The molecule has 0 unspecified atom stereocenters. The van der Waals surface area contributed by atoms with Crippen molar-refractivity contribution in [2.45, 2.75) is 38.1 Å². The summed E-state index contributed by atoms with van der Waals surface area (Å²) in [4.78, 5) is 38.6. The van der Waals surface area contributed by atoms with Crippen LogP contribution >= 0.6 is 0 Å². The fourth-order valence-electron chi connectivity index (χ4n) is 2.32. The molecule has 1 fully saturated rings. The second kappa shape index (κ2) is 8.11. The van der Waals surface area contributed by atoms with E-state index >= 15 is 0 Å². The number of pyridine rings is 1. The van der Waals surface area contributed by atoms with E-state index in [9.17, 15) is 14.4 Å². The second-order valence-electron chi connectivity index (χ2n) is 5.15. The van der Waals surface area contributed by atoms with Crippen LogP contribution in [0, 0.1) is 0 Å². The quantitative estimate of drug-likeness (QED) is 0.819. The van der Waals surface area contributed by atoms with Crippen LogP contribution in [0.5, 0.6) is 0 Å². The van der Waals surface area contributed by atoms with E-state index in [0.29, 0.717) is 0 Å². The van der Waals surface area contributed by atoms with Gasteiger partial charge in [-0.15, -0.1) is 0 Å². The fraction of sp³-hybridized carbons (Fsp3) is 0.467. The Morgan fingerprint density at radius 2 is 1.95 bits per heavy atom. The molecule has 1 aliphatic carbocycles. The molecule has 0 radical (unpaired) electrons. The van der Waals surface area contributed by atoms with Gasteiger partial charge in [-0.25, -0.2) is 14.6 Å². The van der Waals surface area contributed by atoms with Crippen LogP contribution < -0.4 is 10.6 Å². The van der Waals surface area contributed by atoms with Crippen LogP contribution in [0.3, 0.4) is 0 Å². The molecule has 2 rings (SSSR count). The molecule has 7 heteroatoms. The summed E-state index contributed by atoms with van der Waals surface area (Å²) in [6, 6.07) is 4.35. The predicted molar refractivity (Wildman–Crippen MR) is 78.1 cm³/mol. The maximum atomic E-state index is 11.6. The third-order valence-electron chi connectivity index (χ3n) is 3.40. The van der Waals surface area contributed by atoms with Crippen molar-refractivity contribution in [2.24, 2.45) is 0 Å². The Hall–Kier alpha value is -2.44. The minimum Gasteiger partial charge on any atom is -0.451 e. The molecule has 0 bridgehead atoms. The Balaban J connectivity index is 1.68. The van der Waals surface area contributed by atoms with Crippen LogP contribution in [0.25, 0.3) is 0 Å². The van der Waals surface area contributed by atoms with Crippen LogP contribution in [0.4, 0.5) is 4.79 Å². The maximum absolute atomic E-state index is 11.6. The third-order valence-corrected chi connectivity index (χ3v) is 3.40. The highest BCUT2D eigenvalue weighted by Gasteiger charge is 2.17. The van der Waals surface area contributed by atoms with Crippen LogP contribution in [-0.2, 0) is 9.53 Å². The summed E-state index contributed by atoms with van der Waals surface area (Å²) in [6.45, 7) is -0.520. The Morgan fingerprint density at radius 1 is 1.18 bits per heavy atom. The molecule has 22 heavy (non-hydrogen) atoms. The van der Waals surface area contributed by atoms with E-state index in [0.717, 1.165) is 25.7 Å². The van der Waals surface area contributed by atoms with Gasteiger partial charge in [0.25, 0.3) is 5.91 Å². The van der Waals surface area contributed by atoms with Crippen molar-refractivity contribution in [3.05, 3.63) is 30.1 Å². The summed E-state index contributed by atoms with van der Waals surface area (Å²) in [6.07, 6.45) is 6.66. The van der Waals surface area contributed by atoms with Crippen LogP contribution in [-0.4, -0.2) is 35.5 Å². The first-order valence-electron chi connectivity index (χ1n) is 7.33. The highest BCUT2D eigenvalue weighted by atomic mass is 16.5. The lowest BCUT2D eigenvalue weighted by Gasteiger charge is -2.22. The van der Waals surface area contributed by atoms with Crippen molar-refractivity contribution in [3.8, 4) is 0 Å². The molecule has 0 saturated heterocycles. The van der Waals surface area contributed by atoms with Crippen LogP contribution in [0.15, 0.2) is 24.4 Å². The highest BCUT2D eigenvalue weighted by molar-refractivity contribution is 5.96. The number of carbonyl (C=O) groups excluding carboxylic acids is 3. The normalized spacial score (nSPS) is 14.9. The SMILES string of the molecule is O=C(COC(=O)c1ccccn1)NC(=O)NC1CCCCC1. The number of hydrogen-bond acceptors (Lipinski definition) is 5. The molecule has 0 atom stereocenters. The zero-order valence-electron chi connectivity index (χ0n) is 12.2. The number of aromatic nitrogens is 1. The van der Waals surface area contributed by atoms with E-state index in [1.807, 2.05) is 0 Å². The van der Waals surface area contributed by atoms with Gasteiger partial charge >= 0.3 is 12.0 Å². The summed E-state index contributed by atoms with van der Waals surface area (Å²) < 4.78 is 4.79. The van der Waals surface area contributed by atoms with Gasteiger partial charge in [0.15, 0.2) is 6.61 Å². The monoisotopic (exact) mass is 305 g/mol. The molecule has 1 aliphatic rings. The van der Waals surface area contributed by atoms with Crippen LogP contribution in [0.2, 0.25) is 0 Å². The molecule has 0 aliphatic heterocycles. The average Bonchev–Trinajstić information content (AvgIpc) is 2.54. The summed E-state index contributed by atoms with van der Waals surface area (Å²) in [5.74, 6) is -1.37. The number of imide groups is 1. The minimum atomic E-state index is -0.705. The standard InChI is InChI=1S/C15H19N3O4/c19-13(10-22-14(20)12-8-4-5-9-16-12)18-15(21)17-11-6-2-1-3-7-11/h4-5,8-9,11H,1-3,6-7,10H2,(H2,17,18,19,21). The van der Waals surface area contributed by atoms with Gasteiger partial charge in [-0.05, 0) is 25.0 Å². The third kappa shape index (κ3) is 5.16. The lowest BCUT2D eigenvalue weighted by molar-refractivity contribution is -0.123. The van der Waals surface area contributed by atoms with Gasteiger partial charge in [0.1, 0.15) is 5.69 Å². The lowest BCUT2D eigenvalue weighted by Crippen LogP contribution is -2.46. The predicted octanol–water partition coefficient (Wildman–Crippen LogP) is 1.40. The topological polar surface area (TPSA) is 97.4 Å². The number of nitrogens with one attached hydrogen (secondary N) is 2. The molecule has 1 aromatic rings. The minimum absolute atomic E-state index is 0.109. The van der Waals surface area contributed by atoms with Crippen molar-refractivity contribution in [1.29, 1.82) is 0 Å². The number of rotatable bonds is 4. The van der Waals surface area contributed by atoms with Crippen LogP contribution in [0.1, 0.15) is 42.6 Å². The van der Waals surface area contributed by atoms with Gasteiger partial charge in [-0.3, -0.25) is 10.1 Å². The molecule has 0 spiro atoms. The molecule has 118 valence electrons. The van der Waals surface area contributed by atoms with Gasteiger partial charge in [0.2, 0.25) is 0 Å². The van der Waals surface area contributed by atoms with E-state index < -0.39 is 24.5 Å². The molecule has 1 aromatic heterocycles. The van der Waals surface area contributed by atoms with Crippen molar-refractivity contribution in [2.75, 3.05) is 6.61 Å². The molecule has 0 aromatic carbocycles. The molecule has 1 saturated carbocycles. The molecule has 3 amide bonds. The largest absolute Gasteiger partial charge is 0.451 e. The molecule has 1 heterocycles. The van der Waals surface area contributed by atoms with Crippen molar-refractivity contribution >= 4 is 17.9 Å². The smallest absolute Gasteiger partial charge is 0.357 e. The van der Waals surface area contributed by atoms with Crippen molar-refractivity contribution < 1.29 is 19.1 Å². The Kier molecular flexibility index (Phi) is 5.88. The zero-order chi connectivity index (χ0) is 15.8. The number of ether oxygens (including phenoxy) is 1. The van der Waals surface area contributed by atoms with E-state index in [4.69, 9.17) is 4.74 Å². The van der Waals surface area contributed by atoms with Crippen molar-refractivity contribution in [3.63, 3.8) is 0 Å². The number of hydrogen-bond donors (Lipinski definition) is 2. The number of carbonyl (C=O) groups is 3. The van der Waals surface area contributed by atoms with E-state index in [1.165, 1.54) is 18.7 Å². The molecular formula is C15H19N3O4. The number of amides is 3. The van der Waals surface area contributed by atoms with Gasteiger partial charge in [0.05, 0.1) is 0 Å². The fourth-order valence-corrected chi connectivity index (χ4v) is 2.32. The number of nitrogens with zero attached hydrogens (tertiary/aromatic N) is 1. The molecule has 2 N–H and O–H groups in total. The summed E-state index contributed by atoms with van der Waals surface area (Å²) in [7, 11) is 0. The highest BCUT2D eigenvalue weighted by Crippen LogP contribution is 2.17. The van der Waals surface area contributed by atoms with Gasteiger partial charge in [-0.2, -0.15) is 0 Å². The first kappa shape index (κ1) is 15.9. The molecule has 7 nitrogen and oxygen atoms in total. The second-order valence-corrected chi connectivity index (χ2v) is 5.15. The number of esters is 1. The molecular weight excluding hydrogens is 286 g/mol. The summed E-state index contributed by atoms with van der Waals surface area (Å²) >= 11 is 0. The average molecular weight is 305 g/mol. The van der Waals surface area contributed by atoms with Gasteiger partial charge in [-0.1, -0.05) is 25.3 Å². The maximum Gasteiger partial charge on any atom is 0.357 e. The lowest BCUT2D eigenvalue weighted by atomic mass is 9.96. The zero-order valence-corrected chi connectivity index (χ0v) is 12.2. The van der Waals surface area contributed by atoms with Crippen molar-refractivity contribution in [1.82, 2.24) is 15.6 Å². The first-order valence-corrected chi connectivity index (χ1v) is 7.33. The van der Waals surface area contributed by atoms with Gasteiger partial charge < -0.3 is 10.1 Å². The summed E-state index contributed by atoms with van der Waals surface area (Å²) in [5, 5.41) is 4.89. The van der Waals surface area contributed by atoms with Gasteiger partial charge in [0, 0.05) is 12.2 Å². The van der Waals surface area contributed by atoms with E-state index in [1.54, 1.807) is 12.1 Å². The van der Waals surface area contributed by atoms with E-state index in [-0.39, 0.29) is 11.7 Å². The summed E-state index contributed by atoms with van der Waals surface area (Å²) in [5.41, 5.74) is 0.113. The number of urea groups is 1. The Bertz CT molecular complexity index is 527. The van der Waals surface area contributed by atoms with E-state index in [2.05, 4.69) is 15.6 Å². The Morgan fingerprint density at radius 3 is 2.64 bits per heavy atom. The first-order chi connectivity index (χ1) is 10.6.